The third-order valence-electron chi connectivity index (χ3n) is 4.39. The Hall–Kier alpha value is -3.22. The molecule has 2 N–H and O–H groups in total. The number of carbonyl (C=O) groups excluding carboxylic acids is 3. The Kier molecular flexibility index (Phi) is 8.33. The summed E-state index contributed by atoms with van der Waals surface area (Å²) in [5, 5.41) is 5.21. The maximum absolute atomic E-state index is 13.5. The van der Waals surface area contributed by atoms with Gasteiger partial charge in [-0.3, -0.25) is 9.59 Å². The number of methoxy groups -OCH3 is 1. The lowest BCUT2D eigenvalue weighted by Crippen LogP contribution is -2.52. The quantitative estimate of drug-likeness (QED) is 0.632. The number of rotatable bonds is 9. The minimum atomic E-state index is -0.946. The molecule has 2 rings (SSSR count). The summed E-state index contributed by atoms with van der Waals surface area (Å²) in [5.74, 6) is -1.94. The fourth-order valence-electron chi connectivity index (χ4n) is 2.97. The first kappa shape index (κ1) is 22.1. The Labute approximate surface area is 169 Å². The highest BCUT2D eigenvalue weighted by atomic mass is 19.1. The van der Waals surface area contributed by atoms with Crippen LogP contribution in [0, 0.1) is 5.82 Å². The molecule has 0 fully saturated rings. The summed E-state index contributed by atoms with van der Waals surface area (Å²) < 4.78 is 18.3. The van der Waals surface area contributed by atoms with Gasteiger partial charge in [-0.1, -0.05) is 42.5 Å². The van der Waals surface area contributed by atoms with Crippen LogP contribution in [0.25, 0.3) is 0 Å². The van der Waals surface area contributed by atoms with E-state index in [4.69, 9.17) is 4.74 Å². The van der Waals surface area contributed by atoms with E-state index in [-0.39, 0.29) is 6.42 Å². The predicted molar refractivity (Wildman–Crippen MR) is 106 cm³/mol. The molecule has 6 nitrogen and oxygen atoms in total. The molecule has 0 unspecified atom stereocenters. The summed E-state index contributed by atoms with van der Waals surface area (Å²) in [6, 6.07) is 13.5. The van der Waals surface area contributed by atoms with E-state index < -0.39 is 35.7 Å². The van der Waals surface area contributed by atoms with Crippen molar-refractivity contribution in [3.8, 4) is 0 Å². The molecule has 0 bridgehead atoms. The molecule has 2 aromatic carbocycles. The van der Waals surface area contributed by atoms with E-state index in [0.717, 1.165) is 5.56 Å². The van der Waals surface area contributed by atoms with Crippen LogP contribution in [0.4, 0.5) is 4.39 Å². The Balaban J connectivity index is 2.09. The molecule has 0 aliphatic rings. The molecular weight excluding hydrogens is 375 g/mol. The van der Waals surface area contributed by atoms with Crippen molar-refractivity contribution in [2.45, 2.75) is 38.3 Å². The second-order valence-electron chi connectivity index (χ2n) is 6.70. The molecule has 2 atom stereocenters. The number of carbonyl (C=O) groups is 3. The van der Waals surface area contributed by atoms with Gasteiger partial charge in [0.1, 0.15) is 17.9 Å². The summed E-state index contributed by atoms with van der Waals surface area (Å²) in [4.78, 5) is 36.5. The minimum absolute atomic E-state index is 0.0930. The highest BCUT2D eigenvalue weighted by Gasteiger charge is 2.27. The van der Waals surface area contributed by atoms with Crippen LogP contribution in [-0.2, 0) is 32.0 Å². The van der Waals surface area contributed by atoms with Crippen molar-refractivity contribution in [3.63, 3.8) is 0 Å². The van der Waals surface area contributed by atoms with E-state index in [0.29, 0.717) is 18.4 Å². The highest BCUT2D eigenvalue weighted by molar-refractivity contribution is 5.90. The number of aryl methyl sites for hydroxylation is 1. The molecule has 0 saturated carbocycles. The van der Waals surface area contributed by atoms with Crippen LogP contribution in [0.1, 0.15) is 24.5 Å². The molecule has 0 saturated heterocycles. The fraction of sp³-hybridized carbons (Fsp3) is 0.318. The molecule has 2 amide bonds. The SMILES string of the molecule is COC(=O)[C@@H](CCc1ccccc1)NC(=O)[C@@H](Cc1cccc(F)c1)NC(C)=O. The van der Waals surface area contributed by atoms with Gasteiger partial charge in [-0.05, 0) is 36.1 Å². The number of halogens is 1. The third kappa shape index (κ3) is 7.37. The van der Waals surface area contributed by atoms with Gasteiger partial charge in [-0.25, -0.2) is 9.18 Å². The summed E-state index contributed by atoms with van der Waals surface area (Å²) in [5.41, 5.74) is 1.58. The van der Waals surface area contributed by atoms with Crippen molar-refractivity contribution < 1.29 is 23.5 Å². The Morgan fingerprint density at radius 1 is 0.966 bits per heavy atom. The van der Waals surface area contributed by atoms with Crippen molar-refractivity contribution >= 4 is 17.8 Å². The molecule has 29 heavy (non-hydrogen) atoms. The van der Waals surface area contributed by atoms with E-state index in [2.05, 4.69) is 10.6 Å². The first-order valence-electron chi connectivity index (χ1n) is 9.32. The van der Waals surface area contributed by atoms with Gasteiger partial charge >= 0.3 is 5.97 Å². The molecule has 0 aliphatic heterocycles. The Morgan fingerprint density at radius 2 is 1.66 bits per heavy atom. The summed E-state index contributed by atoms with van der Waals surface area (Å²) in [6.07, 6.45) is 1.00. The van der Waals surface area contributed by atoms with Crippen molar-refractivity contribution in [2.24, 2.45) is 0 Å². The van der Waals surface area contributed by atoms with Crippen molar-refractivity contribution in [2.75, 3.05) is 7.11 Å². The van der Waals surface area contributed by atoms with Crippen LogP contribution in [-0.4, -0.2) is 37.0 Å². The summed E-state index contributed by atoms with van der Waals surface area (Å²) in [7, 11) is 1.25. The van der Waals surface area contributed by atoms with Crippen LogP contribution >= 0.6 is 0 Å². The van der Waals surface area contributed by atoms with E-state index in [1.54, 1.807) is 6.07 Å². The number of nitrogens with one attached hydrogen (secondary N) is 2. The first-order valence-corrected chi connectivity index (χ1v) is 9.32. The van der Waals surface area contributed by atoms with Crippen molar-refractivity contribution in [3.05, 3.63) is 71.5 Å². The number of ether oxygens (including phenoxy) is 1. The normalized spacial score (nSPS) is 12.5. The number of benzene rings is 2. The third-order valence-corrected chi connectivity index (χ3v) is 4.39. The molecule has 7 heteroatoms. The zero-order valence-electron chi connectivity index (χ0n) is 16.5. The smallest absolute Gasteiger partial charge is 0.328 e. The first-order chi connectivity index (χ1) is 13.9. The standard InChI is InChI=1S/C22H25FN2O4/c1-15(26)24-20(14-17-9-6-10-18(23)13-17)21(27)25-19(22(28)29-2)12-11-16-7-4-3-5-8-16/h3-10,13,19-20H,11-12,14H2,1-2H3,(H,24,26)(H,25,27)/t19-,20-/m1/s1. The summed E-state index contributed by atoms with van der Waals surface area (Å²) in [6.45, 7) is 1.29. The molecule has 0 radical (unpaired) electrons. The second-order valence-corrected chi connectivity index (χ2v) is 6.70. The van der Waals surface area contributed by atoms with Crippen LogP contribution in [0.2, 0.25) is 0 Å². The Morgan fingerprint density at radius 3 is 2.28 bits per heavy atom. The van der Waals surface area contributed by atoms with Gasteiger partial charge in [0.05, 0.1) is 7.11 Å². The zero-order valence-corrected chi connectivity index (χ0v) is 16.5. The van der Waals surface area contributed by atoms with Gasteiger partial charge in [0, 0.05) is 13.3 Å². The van der Waals surface area contributed by atoms with Crippen molar-refractivity contribution in [1.82, 2.24) is 10.6 Å². The predicted octanol–water partition coefficient (Wildman–Crippen LogP) is 2.16. The fourth-order valence-corrected chi connectivity index (χ4v) is 2.97. The average Bonchev–Trinajstić information content (AvgIpc) is 2.70. The lowest BCUT2D eigenvalue weighted by atomic mass is 10.0. The van der Waals surface area contributed by atoms with E-state index in [1.807, 2.05) is 30.3 Å². The molecule has 154 valence electrons. The molecule has 0 spiro atoms. The molecular formula is C22H25FN2O4. The van der Waals surface area contributed by atoms with Crippen LogP contribution < -0.4 is 10.6 Å². The van der Waals surface area contributed by atoms with E-state index in [9.17, 15) is 18.8 Å². The number of esters is 1. The van der Waals surface area contributed by atoms with Gasteiger partial charge < -0.3 is 15.4 Å². The summed E-state index contributed by atoms with van der Waals surface area (Å²) >= 11 is 0. The molecule has 0 aromatic heterocycles. The maximum atomic E-state index is 13.5. The van der Waals surface area contributed by atoms with Crippen molar-refractivity contribution in [1.29, 1.82) is 0 Å². The number of hydrogen-bond acceptors (Lipinski definition) is 4. The molecule has 0 aliphatic carbocycles. The lowest BCUT2D eigenvalue weighted by molar-refractivity contribution is -0.145. The molecule has 2 aromatic rings. The van der Waals surface area contributed by atoms with Gasteiger partial charge in [0.2, 0.25) is 11.8 Å². The van der Waals surface area contributed by atoms with Gasteiger partial charge in [-0.2, -0.15) is 0 Å². The topological polar surface area (TPSA) is 84.5 Å². The second kappa shape index (κ2) is 10.9. The highest BCUT2D eigenvalue weighted by Crippen LogP contribution is 2.09. The van der Waals surface area contributed by atoms with E-state index in [1.165, 1.54) is 32.2 Å². The number of hydrogen-bond donors (Lipinski definition) is 2. The lowest BCUT2D eigenvalue weighted by Gasteiger charge is -2.22. The largest absolute Gasteiger partial charge is 0.467 e. The zero-order chi connectivity index (χ0) is 21.2. The van der Waals surface area contributed by atoms with Crippen LogP contribution in [0.5, 0.6) is 0 Å². The average molecular weight is 400 g/mol. The van der Waals surface area contributed by atoms with E-state index >= 15 is 0 Å². The van der Waals surface area contributed by atoms with Crippen LogP contribution in [0.15, 0.2) is 54.6 Å². The number of amides is 2. The molecule has 0 heterocycles. The maximum Gasteiger partial charge on any atom is 0.328 e. The van der Waals surface area contributed by atoms with Gasteiger partial charge in [-0.15, -0.1) is 0 Å². The monoisotopic (exact) mass is 400 g/mol. The Bertz CT molecular complexity index is 842. The minimum Gasteiger partial charge on any atom is -0.467 e. The van der Waals surface area contributed by atoms with Gasteiger partial charge in [0.25, 0.3) is 0 Å². The van der Waals surface area contributed by atoms with Gasteiger partial charge in [0.15, 0.2) is 0 Å². The van der Waals surface area contributed by atoms with Crippen LogP contribution in [0.3, 0.4) is 0 Å².